The predicted molar refractivity (Wildman–Crippen MR) is 139 cm³/mol. The third-order valence-corrected chi connectivity index (χ3v) is 8.27. The Morgan fingerprint density at radius 1 is 0.889 bits per heavy atom. The van der Waals surface area contributed by atoms with E-state index in [2.05, 4.69) is 4.72 Å². The van der Waals surface area contributed by atoms with Crippen molar-refractivity contribution < 1.29 is 18.1 Å². The Labute approximate surface area is 215 Å². The van der Waals surface area contributed by atoms with Crippen LogP contribution in [0.2, 0.25) is 5.02 Å². The van der Waals surface area contributed by atoms with Crippen molar-refractivity contribution in [2.24, 2.45) is 0 Å². The number of carbonyl (C=O) groups is 1. The second-order valence-corrected chi connectivity index (χ2v) is 10.9. The molecule has 4 aromatic rings. The van der Waals surface area contributed by atoms with E-state index in [1.807, 2.05) is 48.5 Å². The first-order valence-corrected chi connectivity index (χ1v) is 13.2. The van der Waals surface area contributed by atoms with Gasteiger partial charge in [-0.05, 0) is 60.7 Å². The van der Waals surface area contributed by atoms with Crippen LogP contribution in [0, 0.1) is 10.1 Å². The van der Waals surface area contributed by atoms with Gasteiger partial charge in [0.05, 0.1) is 21.2 Å². The van der Waals surface area contributed by atoms with E-state index >= 15 is 0 Å². The first-order valence-electron chi connectivity index (χ1n) is 10.5. The molecular weight excluding hydrogens is 522 g/mol. The minimum absolute atomic E-state index is 0.166. The SMILES string of the molecule is O=C(c1ccc(NS(=O)(=O)c2ccc(Cl)c([N+](=O)[O-])c2)cc1)N1c2ccccc2Sc2ccccc21. The van der Waals surface area contributed by atoms with Gasteiger partial charge in [0, 0.05) is 27.1 Å². The number of fused-ring (bicyclic) bond motifs is 2. The molecule has 36 heavy (non-hydrogen) atoms. The van der Waals surface area contributed by atoms with Crippen LogP contribution in [0.25, 0.3) is 0 Å². The van der Waals surface area contributed by atoms with E-state index in [1.165, 1.54) is 30.3 Å². The molecule has 0 unspecified atom stereocenters. The Balaban J connectivity index is 1.43. The molecule has 0 atom stereocenters. The highest BCUT2D eigenvalue weighted by atomic mass is 35.5. The number of halogens is 1. The molecule has 180 valence electrons. The van der Waals surface area contributed by atoms with Crippen molar-refractivity contribution in [2.45, 2.75) is 14.7 Å². The Morgan fingerprint density at radius 2 is 1.47 bits per heavy atom. The largest absolute Gasteiger partial charge is 0.289 e. The van der Waals surface area contributed by atoms with Gasteiger partial charge < -0.3 is 0 Å². The summed E-state index contributed by atoms with van der Waals surface area (Å²) in [5, 5.41) is 10.9. The molecule has 0 spiro atoms. The van der Waals surface area contributed by atoms with E-state index in [0.717, 1.165) is 33.3 Å². The molecule has 11 heteroatoms. The maximum Gasteiger partial charge on any atom is 0.289 e. The van der Waals surface area contributed by atoms with Crippen molar-refractivity contribution in [3.8, 4) is 0 Å². The fourth-order valence-corrected chi connectivity index (χ4v) is 6.07. The van der Waals surface area contributed by atoms with Crippen molar-refractivity contribution in [2.75, 3.05) is 9.62 Å². The number of nitrogens with one attached hydrogen (secondary N) is 1. The van der Waals surface area contributed by atoms with Crippen molar-refractivity contribution in [3.05, 3.63) is 112 Å². The minimum Gasteiger partial charge on any atom is -0.280 e. The lowest BCUT2D eigenvalue weighted by Gasteiger charge is -2.31. The molecule has 1 aliphatic heterocycles. The molecule has 0 fully saturated rings. The number of benzene rings is 4. The van der Waals surface area contributed by atoms with E-state index in [0.29, 0.717) is 5.56 Å². The normalized spacial score (nSPS) is 12.4. The van der Waals surface area contributed by atoms with Crippen LogP contribution in [-0.4, -0.2) is 19.2 Å². The van der Waals surface area contributed by atoms with Gasteiger partial charge in [-0.1, -0.05) is 47.6 Å². The summed E-state index contributed by atoms with van der Waals surface area (Å²) >= 11 is 7.37. The zero-order valence-corrected chi connectivity index (χ0v) is 20.7. The van der Waals surface area contributed by atoms with E-state index in [1.54, 1.807) is 16.7 Å². The van der Waals surface area contributed by atoms with Gasteiger partial charge in [-0.2, -0.15) is 0 Å². The van der Waals surface area contributed by atoms with Crippen molar-refractivity contribution in [1.29, 1.82) is 0 Å². The fraction of sp³-hybridized carbons (Fsp3) is 0. The number of hydrogen-bond donors (Lipinski definition) is 1. The number of hydrogen-bond acceptors (Lipinski definition) is 6. The molecule has 1 N–H and O–H groups in total. The second kappa shape index (κ2) is 9.30. The van der Waals surface area contributed by atoms with Crippen molar-refractivity contribution in [1.82, 2.24) is 0 Å². The standard InChI is InChI=1S/C25H16ClN3O5S2/c26-19-14-13-18(15-22(19)29(31)32)36(33,34)27-17-11-9-16(10-12-17)25(30)28-20-5-1-3-7-23(20)35-24-8-4-2-6-21(24)28/h1-15,27H. The quantitative estimate of drug-likeness (QED) is 0.230. The number of rotatable bonds is 5. The van der Waals surface area contributed by atoms with Gasteiger partial charge >= 0.3 is 0 Å². The van der Waals surface area contributed by atoms with Crippen LogP contribution in [0.3, 0.4) is 0 Å². The summed E-state index contributed by atoms with van der Waals surface area (Å²) < 4.78 is 27.9. The van der Waals surface area contributed by atoms with Gasteiger partial charge in [-0.15, -0.1) is 0 Å². The summed E-state index contributed by atoms with van der Waals surface area (Å²) in [5.74, 6) is -0.266. The van der Waals surface area contributed by atoms with Gasteiger partial charge in [0.15, 0.2) is 0 Å². The van der Waals surface area contributed by atoms with Crippen LogP contribution in [0.4, 0.5) is 22.7 Å². The summed E-state index contributed by atoms with van der Waals surface area (Å²) in [7, 11) is -4.13. The number of nitrogens with zero attached hydrogens (tertiary/aromatic N) is 2. The molecule has 4 aromatic carbocycles. The maximum absolute atomic E-state index is 13.6. The topological polar surface area (TPSA) is 110 Å². The predicted octanol–water partition coefficient (Wildman–Crippen LogP) is 6.49. The first kappa shape index (κ1) is 23.9. The van der Waals surface area contributed by atoms with E-state index in [9.17, 15) is 23.3 Å². The van der Waals surface area contributed by atoms with Gasteiger partial charge in [0.1, 0.15) is 5.02 Å². The molecule has 0 aliphatic carbocycles. The highest BCUT2D eigenvalue weighted by Gasteiger charge is 2.29. The molecule has 0 saturated carbocycles. The third-order valence-electron chi connectivity index (χ3n) is 5.44. The number of anilines is 3. The lowest BCUT2D eigenvalue weighted by atomic mass is 10.1. The van der Waals surface area contributed by atoms with Gasteiger partial charge in [0.25, 0.3) is 21.6 Å². The van der Waals surface area contributed by atoms with Crippen LogP contribution in [0.5, 0.6) is 0 Å². The van der Waals surface area contributed by atoms with Crippen LogP contribution in [0.15, 0.2) is 106 Å². The van der Waals surface area contributed by atoms with Gasteiger partial charge in [-0.25, -0.2) is 8.42 Å². The second-order valence-electron chi connectivity index (χ2n) is 7.73. The van der Waals surface area contributed by atoms with Crippen molar-refractivity contribution >= 4 is 62.0 Å². The monoisotopic (exact) mass is 537 g/mol. The van der Waals surface area contributed by atoms with E-state index in [4.69, 9.17) is 11.6 Å². The molecule has 0 saturated heterocycles. The number of amides is 1. The molecule has 1 aliphatic rings. The van der Waals surface area contributed by atoms with Crippen LogP contribution < -0.4 is 9.62 Å². The molecule has 1 heterocycles. The number of carbonyl (C=O) groups excluding carboxylic acids is 1. The highest BCUT2D eigenvalue weighted by molar-refractivity contribution is 7.99. The molecule has 0 bridgehead atoms. The zero-order valence-electron chi connectivity index (χ0n) is 18.3. The zero-order chi connectivity index (χ0) is 25.4. The summed E-state index contributed by atoms with van der Waals surface area (Å²) in [4.78, 5) is 27.2. The van der Waals surface area contributed by atoms with E-state index < -0.39 is 20.6 Å². The summed E-state index contributed by atoms with van der Waals surface area (Å²) in [6, 6.07) is 24.4. The fourth-order valence-electron chi connectivity index (χ4n) is 3.75. The third kappa shape index (κ3) is 4.41. The van der Waals surface area contributed by atoms with Gasteiger partial charge in [0.2, 0.25) is 0 Å². The molecular formula is C25H16ClN3O5S2. The molecule has 0 aromatic heterocycles. The number of nitro benzene ring substituents is 1. The Hall–Kier alpha value is -3.86. The lowest BCUT2D eigenvalue weighted by molar-refractivity contribution is -0.384. The molecule has 5 rings (SSSR count). The number of nitro groups is 1. The van der Waals surface area contributed by atoms with Crippen LogP contribution in [0.1, 0.15) is 10.4 Å². The summed E-state index contributed by atoms with van der Waals surface area (Å²) in [5.41, 5.74) is 1.57. The molecule has 8 nitrogen and oxygen atoms in total. The van der Waals surface area contributed by atoms with E-state index in [-0.39, 0.29) is 21.5 Å². The van der Waals surface area contributed by atoms with Crippen LogP contribution in [-0.2, 0) is 10.0 Å². The Kier molecular flexibility index (Phi) is 6.17. The minimum atomic E-state index is -4.13. The highest BCUT2D eigenvalue weighted by Crippen LogP contribution is 2.48. The van der Waals surface area contributed by atoms with Gasteiger partial charge in [-0.3, -0.25) is 24.5 Å². The maximum atomic E-state index is 13.6. The smallest absolute Gasteiger partial charge is 0.280 e. The van der Waals surface area contributed by atoms with Crippen molar-refractivity contribution in [3.63, 3.8) is 0 Å². The molecule has 1 amide bonds. The van der Waals surface area contributed by atoms with Crippen LogP contribution >= 0.6 is 23.4 Å². The number of sulfonamides is 1. The Bertz CT molecular complexity index is 1580. The lowest BCUT2D eigenvalue weighted by Crippen LogP contribution is -2.28. The summed E-state index contributed by atoms with van der Waals surface area (Å²) in [6.45, 7) is 0. The first-order chi connectivity index (χ1) is 17.2. The average molecular weight is 538 g/mol. The average Bonchev–Trinajstić information content (AvgIpc) is 2.87. The Morgan fingerprint density at radius 3 is 2.06 bits per heavy atom. The number of para-hydroxylation sites is 2. The summed E-state index contributed by atoms with van der Waals surface area (Å²) in [6.07, 6.45) is 0. The molecule has 0 radical (unpaired) electrons.